The Bertz CT molecular complexity index is 1460. The lowest BCUT2D eigenvalue weighted by Crippen LogP contribution is -2.14. The number of hydrogen-bond donors (Lipinski definition) is 2. The summed E-state index contributed by atoms with van der Waals surface area (Å²) < 4.78 is 1.68. The van der Waals surface area contributed by atoms with Gasteiger partial charge in [-0.05, 0) is 72.3 Å². The molecule has 1 saturated heterocycles. The van der Waals surface area contributed by atoms with Crippen molar-refractivity contribution in [3.8, 4) is 16.8 Å². The van der Waals surface area contributed by atoms with E-state index in [9.17, 15) is 4.79 Å². The van der Waals surface area contributed by atoms with Gasteiger partial charge >= 0.3 is 5.69 Å². The van der Waals surface area contributed by atoms with E-state index in [1.54, 1.807) is 4.57 Å². The van der Waals surface area contributed by atoms with Crippen molar-refractivity contribution in [2.75, 3.05) is 6.54 Å². The molecule has 0 spiro atoms. The zero-order valence-electron chi connectivity index (χ0n) is 16.9. The minimum Gasteiger partial charge on any atom is -0.310 e. The van der Waals surface area contributed by atoms with Crippen molar-refractivity contribution in [3.63, 3.8) is 0 Å². The van der Waals surface area contributed by atoms with Crippen LogP contribution in [-0.2, 0) is 0 Å². The maximum Gasteiger partial charge on any atom is 0.332 e. The summed E-state index contributed by atoms with van der Waals surface area (Å²) in [6.45, 7) is 1.04. The van der Waals surface area contributed by atoms with E-state index in [2.05, 4.69) is 38.5 Å². The predicted molar refractivity (Wildman–Crippen MR) is 122 cm³/mol. The lowest BCUT2D eigenvalue weighted by Gasteiger charge is -2.16. The summed E-state index contributed by atoms with van der Waals surface area (Å²) >= 11 is 0. The molecule has 1 atom stereocenters. The van der Waals surface area contributed by atoms with Crippen molar-refractivity contribution in [1.29, 1.82) is 0 Å². The summed E-state index contributed by atoms with van der Waals surface area (Å²) in [6, 6.07) is 18.5. The highest BCUT2D eigenvalue weighted by atomic mass is 16.1. The number of hydrogen-bond acceptors (Lipinski definition) is 4. The first-order chi connectivity index (χ1) is 15.3. The molecule has 152 valence electrons. The quantitative estimate of drug-likeness (QED) is 0.466. The van der Waals surface area contributed by atoms with Gasteiger partial charge in [-0.1, -0.05) is 18.2 Å². The molecule has 5 aromatic rings. The maximum atomic E-state index is 12.6. The van der Waals surface area contributed by atoms with Gasteiger partial charge < -0.3 is 5.32 Å². The van der Waals surface area contributed by atoms with Gasteiger partial charge in [0.2, 0.25) is 0 Å². The Morgan fingerprint density at radius 1 is 1.00 bits per heavy atom. The second kappa shape index (κ2) is 7.18. The average Bonchev–Trinajstić information content (AvgIpc) is 3.46. The van der Waals surface area contributed by atoms with Gasteiger partial charge in [-0.3, -0.25) is 14.5 Å². The lowest BCUT2D eigenvalue weighted by atomic mass is 9.94. The molecular formula is C25H21N5O. The molecule has 0 radical (unpaired) electrons. The van der Waals surface area contributed by atoms with Crippen LogP contribution in [0, 0.1) is 0 Å². The van der Waals surface area contributed by atoms with Crippen molar-refractivity contribution >= 4 is 21.9 Å². The first-order valence-corrected chi connectivity index (χ1v) is 10.6. The number of rotatable bonds is 3. The predicted octanol–water partition coefficient (Wildman–Crippen LogP) is 4.35. The summed E-state index contributed by atoms with van der Waals surface area (Å²) in [5, 5.41) is 5.95. The van der Waals surface area contributed by atoms with E-state index in [-0.39, 0.29) is 5.69 Å². The fourth-order valence-electron chi connectivity index (χ4n) is 4.61. The largest absolute Gasteiger partial charge is 0.332 e. The van der Waals surface area contributed by atoms with E-state index in [0.717, 1.165) is 40.7 Å². The van der Waals surface area contributed by atoms with Crippen LogP contribution in [0.3, 0.4) is 0 Å². The molecule has 1 aliphatic rings. The average molecular weight is 407 g/mol. The maximum absolute atomic E-state index is 12.6. The molecule has 6 rings (SSSR count). The highest BCUT2D eigenvalue weighted by Gasteiger charge is 2.20. The number of pyridine rings is 2. The lowest BCUT2D eigenvalue weighted by molar-refractivity contribution is 0.653. The van der Waals surface area contributed by atoms with E-state index in [1.165, 1.54) is 17.4 Å². The molecule has 0 saturated carbocycles. The second-order valence-corrected chi connectivity index (χ2v) is 8.00. The third-order valence-corrected chi connectivity index (χ3v) is 6.11. The van der Waals surface area contributed by atoms with Crippen LogP contribution in [-0.4, -0.2) is 26.1 Å². The normalized spacial score (nSPS) is 16.3. The van der Waals surface area contributed by atoms with Gasteiger partial charge in [-0.15, -0.1) is 0 Å². The van der Waals surface area contributed by atoms with Crippen molar-refractivity contribution in [2.24, 2.45) is 0 Å². The van der Waals surface area contributed by atoms with E-state index in [1.807, 2.05) is 55.0 Å². The van der Waals surface area contributed by atoms with E-state index in [4.69, 9.17) is 0 Å². The molecule has 3 aromatic heterocycles. The first kappa shape index (κ1) is 18.0. The molecular weight excluding hydrogens is 386 g/mol. The highest BCUT2D eigenvalue weighted by Crippen LogP contribution is 2.34. The number of fused-ring (bicyclic) bond motifs is 2. The van der Waals surface area contributed by atoms with Crippen LogP contribution in [0.2, 0.25) is 0 Å². The molecule has 2 aromatic carbocycles. The van der Waals surface area contributed by atoms with E-state index < -0.39 is 0 Å². The molecule has 1 fully saturated rings. The Labute approximate surface area is 178 Å². The third-order valence-electron chi connectivity index (χ3n) is 6.11. The summed E-state index contributed by atoms with van der Waals surface area (Å²) in [5.41, 5.74) is 5.32. The molecule has 0 bridgehead atoms. The van der Waals surface area contributed by atoms with Crippen LogP contribution in [0.1, 0.15) is 24.4 Å². The van der Waals surface area contributed by atoms with Crippen LogP contribution in [0.25, 0.3) is 38.8 Å². The zero-order chi connectivity index (χ0) is 20.8. The molecule has 6 nitrogen and oxygen atoms in total. The number of benzene rings is 2. The molecule has 0 aliphatic carbocycles. The van der Waals surface area contributed by atoms with Crippen molar-refractivity contribution in [1.82, 2.24) is 24.8 Å². The van der Waals surface area contributed by atoms with E-state index >= 15 is 0 Å². The van der Waals surface area contributed by atoms with Crippen molar-refractivity contribution in [2.45, 2.75) is 18.9 Å². The van der Waals surface area contributed by atoms with Gasteiger partial charge in [0.1, 0.15) is 0 Å². The summed E-state index contributed by atoms with van der Waals surface area (Å²) in [7, 11) is 0. The molecule has 1 unspecified atom stereocenters. The highest BCUT2D eigenvalue weighted by molar-refractivity contribution is 5.91. The van der Waals surface area contributed by atoms with Crippen LogP contribution < -0.4 is 11.0 Å². The number of nitrogens with one attached hydrogen (secondary N) is 2. The molecule has 0 amide bonds. The Balaban J connectivity index is 1.56. The Morgan fingerprint density at radius 3 is 2.74 bits per heavy atom. The van der Waals surface area contributed by atoms with Gasteiger partial charge in [0.05, 0.1) is 11.2 Å². The number of para-hydroxylation sites is 1. The number of imidazole rings is 1. The Morgan fingerprint density at radius 2 is 1.90 bits per heavy atom. The minimum atomic E-state index is -0.189. The Kier molecular flexibility index (Phi) is 4.18. The summed E-state index contributed by atoms with van der Waals surface area (Å²) in [5.74, 6) is 0. The fraction of sp³-hybridized carbons (Fsp3) is 0.160. The van der Waals surface area contributed by atoms with E-state index in [0.29, 0.717) is 11.7 Å². The van der Waals surface area contributed by atoms with Crippen LogP contribution in [0.15, 0.2) is 78.0 Å². The van der Waals surface area contributed by atoms with Crippen LogP contribution in [0.5, 0.6) is 0 Å². The summed E-state index contributed by atoms with van der Waals surface area (Å²) in [4.78, 5) is 24.4. The SMILES string of the molecule is O=c1[nH]c2ncc(-c3cc(C4CCCN4)c4cnccc4c3)cc2n1-c1ccccc1. The van der Waals surface area contributed by atoms with Crippen molar-refractivity contribution in [3.05, 3.63) is 89.2 Å². The summed E-state index contributed by atoms with van der Waals surface area (Å²) in [6.07, 6.45) is 7.92. The van der Waals surface area contributed by atoms with Crippen LogP contribution in [0.4, 0.5) is 0 Å². The van der Waals surface area contributed by atoms with Gasteiger partial charge in [0.15, 0.2) is 5.65 Å². The number of aromatic amines is 1. The second-order valence-electron chi connectivity index (χ2n) is 8.00. The standard InChI is InChI=1S/C25H21N5O/c31-25-29-24-23(30(25)19-5-2-1-3-6-19)13-18(14-28-24)17-11-16-8-10-26-15-21(16)20(12-17)22-7-4-9-27-22/h1-3,5-6,8,10-15,22,27H,4,7,9H2,(H,28,29,31). The molecule has 2 N–H and O–H groups in total. The number of H-pyrrole nitrogens is 1. The number of nitrogens with zero attached hydrogens (tertiary/aromatic N) is 3. The van der Waals surface area contributed by atoms with Gasteiger partial charge in [0.25, 0.3) is 0 Å². The van der Waals surface area contributed by atoms with Gasteiger partial charge in [-0.25, -0.2) is 9.78 Å². The topological polar surface area (TPSA) is 75.6 Å². The molecule has 4 heterocycles. The molecule has 31 heavy (non-hydrogen) atoms. The monoisotopic (exact) mass is 407 g/mol. The zero-order valence-corrected chi connectivity index (χ0v) is 16.9. The van der Waals surface area contributed by atoms with Crippen LogP contribution >= 0.6 is 0 Å². The van der Waals surface area contributed by atoms with Gasteiger partial charge in [-0.2, -0.15) is 0 Å². The Hall–Kier alpha value is -3.77. The fourth-order valence-corrected chi connectivity index (χ4v) is 4.61. The molecule has 6 heteroatoms. The minimum absolute atomic E-state index is 0.189. The number of aromatic nitrogens is 4. The third kappa shape index (κ3) is 3.04. The molecule has 1 aliphatic heterocycles. The smallest absolute Gasteiger partial charge is 0.310 e. The van der Waals surface area contributed by atoms with Crippen molar-refractivity contribution < 1.29 is 0 Å². The van der Waals surface area contributed by atoms with Gasteiger partial charge in [0, 0.05) is 35.6 Å². The first-order valence-electron chi connectivity index (χ1n) is 10.6.